The van der Waals surface area contributed by atoms with E-state index in [9.17, 15) is 4.39 Å². The Morgan fingerprint density at radius 3 is 3.11 bits per heavy atom. The second kappa shape index (κ2) is 3.40. The summed E-state index contributed by atoms with van der Waals surface area (Å²) < 4.78 is 13.5. The summed E-state index contributed by atoms with van der Waals surface area (Å²) in [5, 5.41) is 1.11. The Bertz CT molecular complexity index is 675. The Kier molecular flexibility index (Phi) is 1.87. The van der Waals surface area contributed by atoms with Crippen molar-refractivity contribution >= 4 is 10.9 Å². The van der Waals surface area contributed by atoms with Crippen molar-refractivity contribution in [3.63, 3.8) is 0 Å². The lowest BCUT2D eigenvalue weighted by Crippen LogP contribution is -2.36. The van der Waals surface area contributed by atoms with E-state index in [1.165, 1.54) is 30.6 Å². The van der Waals surface area contributed by atoms with Gasteiger partial charge in [0.05, 0.1) is 0 Å². The molecule has 1 saturated carbocycles. The molecule has 1 N–H and O–H groups in total. The van der Waals surface area contributed by atoms with Crippen LogP contribution in [0.1, 0.15) is 30.0 Å². The molecule has 2 fully saturated rings. The molecule has 0 amide bonds. The van der Waals surface area contributed by atoms with Gasteiger partial charge >= 0.3 is 0 Å². The second-order valence-electron chi connectivity index (χ2n) is 6.46. The van der Waals surface area contributed by atoms with Crippen molar-refractivity contribution in [2.24, 2.45) is 5.92 Å². The summed E-state index contributed by atoms with van der Waals surface area (Å²) in [5.41, 5.74) is 3.91. The highest BCUT2D eigenvalue weighted by Gasteiger charge is 2.47. The van der Waals surface area contributed by atoms with Crippen LogP contribution >= 0.6 is 0 Å². The normalized spacial score (nSPS) is 32.8. The van der Waals surface area contributed by atoms with Gasteiger partial charge in [-0.25, -0.2) is 4.39 Å². The molecule has 3 heteroatoms. The van der Waals surface area contributed by atoms with Gasteiger partial charge in [0.1, 0.15) is 5.82 Å². The molecule has 2 nitrogen and oxygen atoms in total. The third-order valence-electron chi connectivity index (χ3n) is 5.51. The molecule has 19 heavy (non-hydrogen) atoms. The van der Waals surface area contributed by atoms with Gasteiger partial charge in [0.2, 0.25) is 0 Å². The van der Waals surface area contributed by atoms with Crippen LogP contribution in [0, 0.1) is 11.7 Å². The Balaban J connectivity index is 1.75. The van der Waals surface area contributed by atoms with E-state index in [0.717, 1.165) is 35.8 Å². The molecule has 0 unspecified atom stereocenters. The van der Waals surface area contributed by atoms with Gasteiger partial charge in [0.25, 0.3) is 0 Å². The molecule has 0 radical (unpaired) electrons. The quantitative estimate of drug-likeness (QED) is 0.767. The molecular formula is C16H17FN2. The number of hydrogen-bond donors (Lipinski definition) is 1. The van der Waals surface area contributed by atoms with Gasteiger partial charge in [0.15, 0.2) is 0 Å². The highest BCUT2D eigenvalue weighted by atomic mass is 19.1. The zero-order valence-electron chi connectivity index (χ0n) is 10.8. The number of aromatic amines is 1. The van der Waals surface area contributed by atoms with E-state index in [0.29, 0.717) is 5.92 Å². The van der Waals surface area contributed by atoms with Crippen molar-refractivity contribution in [3.05, 3.63) is 35.3 Å². The molecule has 2 aliphatic heterocycles. The fraction of sp³-hybridized carbons (Fsp3) is 0.500. The summed E-state index contributed by atoms with van der Waals surface area (Å²) >= 11 is 0. The second-order valence-corrected chi connectivity index (χ2v) is 6.46. The lowest BCUT2D eigenvalue weighted by atomic mass is 9.93. The zero-order valence-corrected chi connectivity index (χ0v) is 10.8. The molecule has 2 bridgehead atoms. The van der Waals surface area contributed by atoms with Crippen LogP contribution in [-0.4, -0.2) is 29.0 Å². The summed E-state index contributed by atoms with van der Waals surface area (Å²) in [7, 11) is 0. The average molecular weight is 256 g/mol. The van der Waals surface area contributed by atoms with Crippen LogP contribution in [0.5, 0.6) is 0 Å². The van der Waals surface area contributed by atoms with E-state index in [4.69, 9.17) is 0 Å². The van der Waals surface area contributed by atoms with Gasteiger partial charge < -0.3 is 4.98 Å². The van der Waals surface area contributed by atoms with Crippen molar-refractivity contribution in [2.75, 3.05) is 13.1 Å². The summed E-state index contributed by atoms with van der Waals surface area (Å²) in [5.74, 6) is 1.43. The van der Waals surface area contributed by atoms with Crippen LogP contribution in [0.4, 0.5) is 4.39 Å². The van der Waals surface area contributed by atoms with Gasteiger partial charge in [-0.05, 0) is 48.9 Å². The lowest BCUT2D eigenvalue weighted by Gasteiger charge is -2.30. The van der Waals surface area contributed by atoms with Crippen LogP contribution < -0.4 is 0 Å². The minimum Gasteiger partial charge on any atom is -0.358 e. The summed E-state index contributed by atoms with van der Waals surface area (Å²) in [6.45, 7) is 2.44. The van der Waals surface area contributed by atoms with Crippen molar-refractivity contribution < 1.29 is 4.39 Å². The van der Waals surface area contributed by atoms with E-state index in [1.54, 1.807) is 12.1 Å². The van der Waals surface area contributed by atoms with E-state index in [-0.39, 0.29) is 5.82 Å². The number of halogens is 1. The highest BCUT2D eigenvalue weighted by molar-refractivity contribution is 5.85. The number of nitrogens with zero attached hydrogens (tertiary/aromatic N) is 1. The molecular weight excluding hydrogens is 239 g/mol. The largest absolute Gasteiger partial charge is 0.358 e. The fourth-order valence-electron chi connectivity index (χ4n) is 4.79. The van der Waals surface area contributed by atoms with Crippen LogP contribution in [0.2, 0.25) is 0 Å². The standard InChI is InChI=1S/C16H17FN2/c17-10-1-2-14-12(7-10)11-3-4-19-8-9-5-13(15(19)6-9)16(11)18-14/h1-2,7,9,13,15,18H,3-6,8H2/t9-,13+,15-/m0/s1. The van der Waals surface area contributed by atoms with Crippen molar-refractivity contribution in [1.29, 1.82) is 0 Å². The molecule has 3 heterocycles. The molecule has 98 valence electrons. The van der Waals surface area contributed by atoms with Gasteiger partial charge in [-0.3, -0.25) is 4.90 Å². The monoisotopic (exact) mass is 256 g/mol. The van der Waals surface area contributed by atoms with E-state index < -0.39 is 0 Å². The number of piperidine rings is 1. The van der Waals surface area contributed by atoms with E-state index >= 15 is 0 Å². The maximum Gasteiger partial charge on any atom is 0.123 e. The summed E-state index contributed by atoms with van der Waals surface area (Å²) in [6.07, 6.45) is 3.76. The number of rotatable bonds is 0. The number of hydrogen-bond acceptors (Lipinski definition) is 1. The van der Waals surface area contributed by atoms with Crippen LogP contribution in [0.3, 0.4) is 0 Å². The summed E-state index contributed by atoms with van der Waals surface area (Å²) in [4.78, 5) is 6.27. The number of fused-ring (bicyclic) bond motifs is 5. The van der Waals surface area contributed by atoms with Crippen molar-refractivity contribution in [3.8, 4) is 0 Å². The topological polar surface area (TPSA) is 19.0 Å². The van der Waals surface area contributed by atoms with Crippen LogP contribution in [0.25, 0.3) is 10.9 Å². The maximum absolute atomic E-state index is 13.5. The summed E-state index contributed by atoms with van der Waals surface area (Å²) in [6, 6.07) is 5.90. The van der Waals surface area contributed by atoms with Crippen LogP contribution in [-0.2, 0) is 6.42 Å². The Morgan fingerprint density at radius 2 is 2.21 bits per heavy atom. The number of benzene rings is 1. The van der Waals surface area contributed by atoms with Gasteiger partial charge in [-0.1, -0.05) is 0 Å². The first-order valence-corrected chi connectivity index (χ1v) is 7.33. The molecule has 5 rings (SSSR count). The van der Waals surface area contributed by atoms with Crippen molar-refractivity contribution in [2.45, 2.75) is 31.2 Å². The highest BCUT2D eigenvalue weighted by Crippen LogP contribution is 2.50. The Hall–Kier alpha value is -1.35. The lowest BCUT2D eigenvalue weighted by molar-refractivity contribution is 0.201. The molecule has 1 saturated heterocycles. The predicted octanol–water partition coefficient (Wildman–Crippen LogP) is 3.04. The van der Waals surface area contributed by atoms with Gasteiger partial charge in [0, 0.05) is 41.6 Å². The van der Waals surface area contributed by atoms with E-state index in [2.05, 4.69) is 9.88 Å². The smallest absolute Gasteiger partial charge is 0.123 e. The van der Waals surface area contributed by atoms with Crippen LogP contribution in [0.15, 0.2) is 18.2 Å². The SMILES string of the molecule is Fc1ccc2[nH]c3c(c2c1)CCN1C[C@H]2C[C@@H]3[C@@H]1C2. The molecule has 3 atom stereocenters. The molecule has 3 aliphatic rings. The third kappa shape index (κ3) is 1.29. The first kappa shape index (κ1) is 10.4. The Morgan fingerprint density at radius 1 is 1.26 bits per heavy atom. The minimum absolute atomic E-state index is 0.119. The number of H-pyrrole nitrogens is 1. The number of aromatic nitrogens is 1. The van der Waals surface area contributed by atoms with E-state index in [1.807, 2.05) is 6.07 Å². The third-order valence-corrected chi connectivity index (χ3v) is 5.51. The molecule has 1 aromatic heterocycles. The predicted molar refractivity (Wildman–Crippen MR) is 72.8 cm³/mol. The Labute approximate surface area is 111 Å². The molecule has 0 spiro atoms. The van der Waals surface area contributed by atoms with Gasteiger partial charge in [-0.2, -0.15) is 0 Å². The molecule has 1 aromatic carbocycles. The minimum atomic E-state index is -0.119. The molecule has 2 aromatic rings. The average Bonchev–Trinajstić information content (AvgIpc) is 3.05. The first-order chi connectivity index (χ1) is 9.29. The van der Waals surface area contributed by atoms with Crippen molar-refractivity contribution in [1.82, 2.24) is 9.88 Å². The fourth-order valence-corrected chi connectivity index (χ4v) is 4.79. The maximum atomic E-state index is 13.5. The first-order valence-electron chi connectivity index (χ1n) is 7.33. The molecule has 1 aliphatic carbocycles. The number of nitrogens with one attached hydrogen (secondary N) is 1. The zero-order chi connectivity index (χ0) is 12.6. The van der Waals surface area contributed by atoms with Gasteiger partial charge in [-0.15, -0.1) is 0 Å².